The van der Waals surface area contributed by atoms with Gasteiger partial charge in [0.2, 0.25) is 10.0 Å². The molecular weight excluding hydrogens is 270 g/mol. The van der Waals surface area contributed by atoms with Gasteiger partial charge in [-0.2, -0.15) is 0 Å². The largest absolute Gasteiger partial charge is 0.212 e. The van der Waals surface area contributed by atoms with Crippen LogP contribution in [0.15, 0.2) is 0 Å². The zero-order valence-corrected chi connectivity index (χ0v) is 13.1. The molecule has 1 rings (SSSR count). The van der Waals surface area contributed by atoms with Gasteiger partial charge in [0, 0.05) is 11.9 Å². The van der Waals surface area contributed by atoms with Gasteiger partial charge in [0.1, 0.15) is 0 Å². The Labute approximate surface area is 117 Å². The maximum absolute atomic E-state index is 12.1. The zero-order chi connectivity index (χ0) is 13.6. The van der Waals surface area contributed by atoms with E-state index in [0.29, 0.717) is 24.0 Å². The number of alkyl halides is 1. The molecule has 0 aliphatic heterocycles. The van der Waals surface area contributed by atoms with Crippen LogP contribution in [0, 0.1) is 11.8 Å². The minimum Gasteiger partial charge on any atom is -0.212 e. The Bertz CT molecular complexity index is 324. The second-order valence-electron chi connectivity index (χ2n) is 5.73. The van der Waals surface area contributed by atoms with Gasteiger partial charge in [0.05, 0.1) is 5.75 Å². The summed E-state index contributed by atoms with van der Waals surface area (Å²) in [4.78, 5) is 0. The molecule has 108 valence electrons. The first-order chi connectivity index (χ1) is 8.44. The molecule has 0 aromatic carbocycles. The molecule has 1 saturated carbocycles. The molecule has 1 atom stereocenters. The number of hydrogen-bond donors (Lipinski definition) is 1. The maximum Gasteiger partial charge on any atom is 0.212 e. The highest BCUT2D eigenvalue weighted by Crippen LogP contribution is 2.25. The van der Waals surface area contributed by atoms with E-state index in [0.717, 1.165) is 12.8 Å². The molecule has 1 aliphatic rings. The second-order valence-corrected chi connectivity index (χ2v) is 7.91. The smallest absolute Gasteiger partial charge is 0.212 e. The summed E-state index contributed by atoms with van der Waals surface area (Å²) in [5.74, 6) is 1.41. The lowest BCUT2D eigenvalue weighted by molar-refractivity contribution is 0.379. The van der Waals surface area contributed by atoms with Crippen molar-refractivity contribution in [2.24, 2.45) is 11.8 Å². The fraction of sp³-hybridized carbons (Fsp3) is 1.00. The van der Waals surface area contributed by atoms with Crippen molar-refractivity contribution in [3.8, 4) is 0 Å². The van der Waals surface area contributed by atoms with Crippen LogP contribution >= 0.6 is 11.6 Å². The minimum atomic E-state index is -3.16. The molecule has 1 N–H and O–H groups in total. The average molecular weight is 296 g/mol. The first-order valence-electron chi connectivity index (χ1n) is 7.00. The van der Waals surface area contributed by atoms with Crippen LogP contribution in [-0.4, -0.2) is 26.1 Å². The quantitative estimate of drug-likeness (QED) is 0.734. The number of rotatable bonds is 7. The average Bonchev–Trinajstić information content (AvgIpc) is 2.28. The minimum absolute atomic E-state index is 0.0314. The number of sulfonamides is 1. The van der Waals surface area contributed by atoms with Crippen molar-refractivity contribution in [1.82, 2.24) is 4.72 Å². The lowest BCUT2D eigenvalue weighted by Gasteiger charge is -2.25. The van der Waals surface area contributed by atoms with Gasteiger partial charge in [-0.15, -0.1) is 11.6 Å². The van der Waals surface area contributed by atoms with E-state index in [-0.39, 0.29) is 12.0 Å². The van der Waals surface area contributed by atoms with Crippen molar-refractivity contribution in [2.45, 2.75) is 58.4 Å². The molecule has 0 aromatic rings. The first kappa shape index (κ1) is 16.3. The van der Waals surface area contributed by atoms with Crippen LogP contribution in [-0.2, 0) is 10.0 Å². The van der Waals surface area contributed by atoms with Crippen LogP contribution in [0.1, 0.15) is 52.4 Å². The normalized spacial score (nSPS) is 20.2. The highest BCUT2D eigenvalue weighted by molar-refractivity contribution is 7.89. The van der Waals surface area contributed by atoms with E-state index in [1.807, 2.05) is 13.8 Å². The molecule has 1 unspecified atom stereocenters. The van der Waals surface area contributed by atoms with E-state index in [1.165, 1.54) is 19.3 Å². The summed E-state index contributed by atoms with van der Waals surface area (Å²) in [6.07, 6.45) is 6.42. The van der Waals surface area contributed by atoms with Gasteiger partial charge >= 0.3 is 0 Å². The zero-order valence-electron chi connectivity index (χ0n) is 11.5. The molecule has 0 aromatic heterocycles. The second kappa shape index (κ2) is 7.71. The van der Waals surface area contributed by atoms with Crippen molar-refractivity contribution in [1.29, 1.82) is 0 Å². The van der Waals surface area contributed by atoms with E-state index in [9.17, 15) is 8.42 Å². The fourth-order valence-corrected chi connectivity index (χ4v) is 4.73. The summed E-state index contributed by atoms with van der Waals surface area (Å²) in [6.45, 7) is 4.06. The predicted octanol–water partition coefficient (Wildman–Crippen LogP) is 3.14. The predicted molar refractivity (Wildman–Crippen MR) is 77.5 cm³/mol. The summed E-state index contributed by atoms with van der Waals surface area (Å²) >= 11 is 5.73. The van der Waals surface area contributed by atoms with E-state index in [4.69, 9.17) is 11.6 Å². The molecule has 1 aliphatic carbocycles. The third kappa shape index (κ3) is 5.89. The monoisotopic (exact) mass is 295 g/mol. The maximum atomic E-state index is 12.1. The first-order valence-corrected chi connectivity index (χ1v) is 9.19. The highest BCUT2D eigenvalue weighted by Gasteiger charge is 2.24. The summed E-state index contributed by atoms with van der Waals surface area (Å²) in [5.41, 5.74) is 0. The van der Waals surface area contributed by atoms with Crippen molar-refractivity contribution < 1.29 is 8.42 Å². The Morgan fingerprint density at radius 2 is 1.83 bits per heavy atom. The lowest BCUT2D eigenvalue weighted by atomic mass is 9.91. The third-order valence-electron chi connectivity index (χ3n) is 3.74. The molecule has 0 heterocycles. The van der Waals surface area contributed by atoms with Crippen LogP contribution < -0.4 is 4.72 Å². The molecular formula is C13H26ClNO2S. The van der Waals surface area contributed by atoms with Gasteiger partial charge in [-0.05, 0) is 31.1 Å². The Kier molecular flexibility index (Phi) is 6.96. The van der Waals surface area contributed by atoms with Gasteiger partial charge in [-0.25, -0.2) is 13.1 Å². The molecule has 5 heteroatoms. The van der Waals surface area contributed by atoms with E-state index in [1.54, 1.807) is 0 Å². The van der Waals surface area contributed by atoms with Gasteiger partial charge in [0.25, 0.3) is 0 Å². The van der Waals surface area contributed by atoms with Crippen molar-refractivity contribution >= 4 is 21.6 Å². The molecule has 18 heavy (non-hydrogen) atoms. The number of nitrogens with one attached hydrogen (secondary N) is 1. The summed E-state index contributed by atoms with van der Waals surface area (Å²) < 4.78 is 27.1. The Hall–Kier alpha value is 0.200. The van der Waals surface area contributed by atoms with Crippen molar-refractivity contribution in [2.75, 3.05) is 11.6 Å². The van der Waals surface area contributed by atoms with Crippen molar-refractivity contribution in [3.63, 3.8) is 0 Å². The van der Waals surface area contributed by atoms with Crippen LogP contribution in [0.2, 0.25) is 0 Å². The van der Waals surface area contributed by atoms with Gasteiger partial charge in [-0.3, -0.25) is 0 Å². The summed E-state index contributed by atoms with van der Waals surface area (Å²) in [6, 6.07) is -0.0314. The van der Waals surface area contributed by atoms with Crippen LogP contribution in [0.3, 0.4) is 0 Å². The molecule has 0 saturated heterocycles. The molecule has 0 radical (unpaired) electrons. The number of hydrogen-bond acceptors (Lipinski definition) is 2. The third-order valence-corrected chi connectivity index (χ3v) is 5.53. The SMILES string of the molecule is CC(C)C(CCCl)NS(=O)(=O)CC1CCCCC1. The van der Waals surface area contributed by atoms with E-state index >= 15 is 0 Å². The molecule has 0 amide bonds. The fourth-order valence-electron chi connectivity index (χ4n) is 2.59. The van der Waals surface area contributed by atoms with Crippen LogP contribution in [0.5, 0.6) is 0 Å². The highest BCUT2D eigenvalue weighted by atomic mass is 35.5. The van der Waals surface area contributed by atoms with Gasteiger partial charge in [0.15, 0.2) is 0 Å². The van der Waals surface area contributed by atoms with Crippen molar-refractivity contribution in [3.05, 3.63) is 0 Å². The van der Waals surface area contributed by atoms with Gasteiger partial charge < -0.3 is 0 Å². The van der Waals surface area contributed by atoms with Gasteiger partial charge in [-0.1, -0.05) is 33.1 Å². The Morgan fingerprint density at radius 1 is 1.22 bits per heavy atom. The van der Waals surface area contributed by atoms with E-state index < -0.39 is 10.0 Å². The standard InChI is InChI=1S/C13H26ClNO2S/c1-11(2)13(8-9-14)15-18(16,17)10-12-6-4-3-5-7-12/h11-13,15H,3-10H2,1-2H3. The van der Waals surface area contributed by atoms with E-state index in [2.05, 4.69) is 4.72 Å². The van der Waals surface area contributed by atoms with Crippen LogP contribution in [0.25, 0.3) is 0 Å². The summed E-state index contributed by atoms with van der Waals surface area (Å²) in [5, 5.41) is 0. The van der Waals surface area contributed by atoms with Crippen LogP contribution in [0.4, 0.5) is 0 Å². The Balaban J connectivity index is 2.51. The lowest BCUT2D eigenvalue weighted by Crippen LogP contribution is -2.41. The Morgan fingerprint density at radius 3 is 2.33 bits per heavy atom. The summed E-state index contributed by atoms with van der Waals surface area (Å²) in [7, 11) is -3.16. The molecule has 0 spiro atoms. The number of halogens is 1. The molecule has 3 nitrogen and oxygen atoms in total. The molecule has 1 fully saturated rings. The molecule has 0 bridgehead atoms. The topological polar surface area (TPSA) is 46.2 Å².